The molecule has 9 heteroatoms. The van der Waals surface area contributed by atoms with Crippen molar-refractivity contribution in [2.45, 2.75) is 13.5 Å². The minimum Gasteiger partial charge on any atom is -0.361 e. The van der Waals surface area contributed by atoms with Gasteiger partial charge in [-0.2, -0.15) is 0 Å². The summed E-state index contributed by atoms with van der Waals surface area (Å²) in [5, 5.41) is 3.97. The zero-order valence-electron chi connectivity index (χ0n) is 14.0. The molecule has 0 bridgehead atoms. The van der Waals surface area contributed by atoms with E-state index < -0.39 is 15.9 Å². The van der Waals surface area contributed by atoms with Crippen LogP contribution in [0.3, 0.4) is 0 Å². The number of carbonyl (C=O) groups is 1. The Balaban J connectivity index is 2.17. The quantitative estimate of drug-likeness (QED) is 0.749. The monoisotopic (exact) mass is 344 g/mol. The lowest BCUT2D eigenvalue weighted by Crippen LogP contribution is -2.41. The summed E-state index contributed by atoms with van der Waals surface area (Å²) in [5.41, 5.74) is 0.784. The van der Waals surface area contributed by atoms with Crippen molar-refractivity contribution in [1.29, 1.82) is 0 Å². The normalized spacial score (nSPS) is 21.1. The first-order chi connectivity index (χ1) is 10.7. The zero-order chi connectivity index (χ0) is 17.2. The molecule has 1 saturated heterocycles. The van der Waals surface area contributed by atoms with Gasteiger partial charge >= 0.3 is 0 Å². The topological polar surface area (TPSA) is 87.0 Å². The predicted octanol–water partition coefficient (Wildman–Crippen LogP) is -0.235. The Kier molecular flexibility index (Phi) is 5.43. The summed E-state index contributed by atoms with van der Waals surface area (Å²) in [7, 11) is 0.0360. The summed E-state index contributed by atoms with van der Waals surface area (Å²) in [4.78, 5) is 15.9. The molecule has 1 aliphatic heterocycles. The van der Waals surface area contributed by atoms with Gasteiger partial charge in [0.2, 0.25) is 15.9 Å². The Bertz CT molecular complexity index is 655. The summed E-state index contributed by atoms with van der Waals surface area (Å²) < 4.78 is 30.3. The molecule has 0 N–H and O–H groups in total. The molecule has 2 rings (SSSR count). The van der Waals surface area contributed by atoms with Crippen molar-refractivity contribution < 1.29 is 17.7 Å². The van der Waals surface area contributed by atoms with Crippen molar-refractivity contribution in [3.8, 4) is 0 Å². The summed E-state index contributed by atoms with van der Waals surface area (Å²) in [6.07, 6.45) is 1.18. The highest BCUT2D eigenvalue weighted by Gasteiger charge is 2.32. The van der Waals surface area contributed by atoms with E-state index in [1.807, 2.05) is 13.0 Å². The standard InChI is InChI=1S/C14H24N4O4S/c1-11-7-13(15-22-11)10-17-5-6-18(23(4,20)21)9-12(8-17)14(19)16(2)3/h7,12H,5-6,8-10H2,1-4H3. The number of carbonyl (C=O) groups excluding carboxylic acids is 1. The molecule has 1 aliphatic rings. The molecule has 8 nitrogen and oxygen atoms in total. The molecular formula is C14H24N4O4S. The average Bonchev–Trinajstić information content (AvgIpc) is 2.72. The van der Waals surface area contributed by atoms with Crippen LogP contribution in [0.1, 0.15) is 11.5 Å². The fourth-order valence-electron chi connectivity index (χ4n) is 2.74. The lowest BCUT2D eigenvalue weighted by atomic mass is 10.1. The molecule has 1 unspecified atom stereocenters. The summed E-state index contributed by atoms with van der Waals surface area (Å²) in [6.45, 7) is 3.98. The third-order valence-corrected chi connectivity index (χ3v) is 5.16. The second-order valence-electron chi connectivity index (χ2n) is 6.21. The van der Waals surface area contributed by atoms with Crippen LogP contribution in [0.25, 0.3) is 0 Å². The van der Waals surface area contributed by atoms with Crippen molar-refractivity contribution in [3.63, 3.8) is 0 Å². The van der Waals surface area contributed by atoms with Crippen molar-refractivity contribution in [2.75, 3.05) is 46.5 Å². The molecule has 1 aromatic rings. The van der Waals surface area contributed by atoms with E-state index in [4.69, 9.17) is 4.52 Å². The number of aryl methyl sites for hydroxylation is 1. The molecule has 0 aromatic carbocycles. The van der Waals surface area contributed by atoms with Gasteiger partial charge in [-0.05, 0) is 6.92 Å². The Hall–Kier alpha value is -1.45. The van der Waals surface area contributed by atoms with E-state index >= 15 is 0 Å². The minimum atomic E-state index is -3.33. The van der Waals surface area contributed by atoms with Crippen LogP contribution in [0, 0.1) is 12.8 Å². The van der Waals surface area contributed by atoms with Crippen LogP contribution in [-0.4, -0.2) is 80.1 Å². The van der Waals surface area contributed by atoms with Gasteiger partial charge in [-0.1, -0.05) is 5.16 Å². The molecule has 0 saturated carbocycles. The molecule has 0 radical (unpaired) electrons. The number of nitrogens with zero attached hydrogens (tertiary/aromatic N) is 4. The molecule has 1 atom stereocenters. The van der Waals surface area contributed by atoms with Crippen LogP contribution in [0.4, 0.5) is 0 Å². The van der Waals surface area contributed by atoms with E-state index in [9.17, 15) is 13.2 Å². The SMILES string of the molecule is Cc1cc(CN2CCN(S(C)(=O)=O)CC(C(=O)N(C)C)C2)no1. The highest BCUT2D eigenvalue weighted by molar-refractivity contribution is 7.88. The molecule has 23 heavy (non-hydrogen) atoms. The Morgan fingerprint density at radius 1 is 1.39 bits per heavy atom. The van der Waals surface area contributed by atoms with E-state index in [0.29, 0.717) is 26.2 Å². The Morgan fingerprint density at radius 2 is 2.09 bits per heavy atom. The first kappa shape index (κ1) is 17.9. The maximum Gasteiger partial charge on any atom is 0.227 e. The molecule has 0 spiro atoms. The highest BCUT2D eigenvalue weighted by atomic mass is 32.2. The highest BCUT2D eigenvalue weighted by Crippen LogP contribution is 2.16. The van der Waals surface area contributed by atoms with Gasteiger partial charge in [0.1, 0.15) is 5.76 Å². The van der Waals surface area contributed by atoms with Gasteiger partial charge < -0.3 is 9.42 Å². The van der Waals surface area contributed by atoms with Crippen molar-refractivity contribution in [1.82, 2.24) is 19.3 Å². The summed E-state index contributed by atoms with van der Waals surface area (Å²) in [6, 6.07) is 1.85. The second kappa shape index (κ2) is 6.98. The van der Waals surface area contributed by atoms with E-state index in [1.54, 1.807) is 14.1 Å². The van der Waals surface area contributed by atoms with Gasteiger partial charge in [-0.3, -0.25) is 9.69 Å². The average molecular weight is 344 g/mol. The fraction of sp³-hybridized carbons (Fsp3) is 0.714. The molecule has 1 amide bonds. The van der Waals surface area contributed by atoms with E-state index in [2.05, 4.69) is 10.1 Å². The van der Waals surface area contributed by atoms with E-state index in [0.717, 1.165) is 11.5 Å². The third-order valence-electron chi connectivity index (χ3n) is 3.89. The molecule has 130 valence electrons. The number of amides is 1. The Labute approximate surface area is 137 Å². The van der Waals surface area contributed by atoms with Gasteiger partial charge in [0.15, 0.2) is 0 Å². The second-order valence-corrected chi connectivity index (χ2v) is 8.20. The van der Waals surface area contributed by atoms with Crippen molar-refractivity contribution in [2.24, 2.45) is 5.92 Å². The van der Waals surface area contributed by atoms with Crippen molar-refractivity contribution >= 4 is 15.9 Å². The van der Waals surface area contributed by atoms with Gasteiger partial charge in [-0.15, -0.1) is 0 Å². The van der Waals surface area contributed by atoms with Crippen LogP contribution in [0.2, 0.25) is 0 Å². The number of hydrogen-bond acceptors (Lipinski definition) is 6. The fourth-order valence-corrected chi connectivity index (χ4v) is 3.60. The largest absolute Gasteiger partial charge is 0.361 e. The van der Waals surface area contributed by atoms with Gasteiger partial charge in [0, 0.05) is 52.9 Å². The van der Waals surface area contributed by atoms with Crippen molar-refractivity contribution in [3.05, 3.63) is 17.5 Å². The Morgan fingerprint density at radius 3 is 2.61 bits per heavy atom. The van der Waals surface area contributed by atoms with Crippen LogP contribution < -0.4 is 0 Å². The molecule has 2 heterocycles. The van der Waals surface area contributed by atoms with Crippen LogP contribution >= 0.6 is 0 Å². The summed E-state index contributed by atoms with van der Waals surface area (Å²) in [5.74, 6) is 0.269. The van der Waals surface area contributed by atoms with Gasteiger partial charge in [-0.25, -0.2) is 12.7 Å². The minimum absolute atomic E-state index is 0.0677. The molecule has 0 aliphatic carbocycles. The van der Waals surface area contributed by atoms with Crippen LogP contribution in [0.5, 0.6) is 0 Å². The van der Waals surface area contributed by atoms with Crippen LogP contribution in [0.15, 0.2) is 10.6 Å². The smallest absolute Gasteiger partial charge is 0.227 e. The zero-order valence-corrected chi connectivity index (χ0v) is 14.8. The molecule has 1 aromatic heterocycles. The first-order valence-electron chi connectivity index (χ1n) is 7.47. The number of hydrogen-bond donors (Lipinski definition) is 0. The predicted molar refractivity (Wildman–Crippen MR) is 85.1 cm³/mol. The lowest BCUT2D eigenvalue weighted by Gasteiger charge is -2.25. The lowest BCUT2D eigenvalue weighted by molar-refractivity contribution is -0.133. The first-order valence-corrected chi connectivity index (χ1v) is 9.32. The maximum atomic E-state index is 12.4. The number of sulfonamides is 1. The van der Waals surface area contributed by atoms with Gasteiger partial charge in [0.25, 0.3) is 0 Å². The number of aromatic nitrogens is 1. The third kappa shape index (κ3) is 4.76. The van der Waals surface area contributed by atoms with E-state index in [1.165, 1.54) is 15.5 Å². The summed E-state index contributed by atoms with van der Waals surface area (Å²) >= 11 is 0. The molecule has 1 fully saturated rings. The van der Waals surface area contributed by atoms with Crippen LogP contribution in [-0.2, 0) is 21.4 Å². The number of rotatable bonds is 4. The molecular weight excluding hydrogens is 320 g/mol. The maximum absolute atomic E-state index is 12.4. The van der Waals surface area contributed by atoms with E-state index in [-0.39, 0.29) is 12.5 Å². The van der Waals surface area contributed by atoms with Gasteiger partial charge in [0.05, 0.1) is 17.9 Å².